The molecule has 6 nitrogen and oxygen atoms in total. The third-order valence-corrected chi connectivity index (χ3v) is 3.72. The van der Waals surface area contributed by atoms with Gasteiger partial charge >= 0.3 is 12.0 Å². The molecule has 0 aromatic heterocycles. The van der Waals surface area contributed by atoms with E-state index in [-0.39, 0.29) is 18.5 Å². The van der Waals surface area contributed by atoms with Gasteiger partial charge in [0.2, 0.25) is 0 Å². The number of carbonyl (C=O) groups excluding carboxylic acids is 1. The summed E-state index contributed by atoms with van der Waals surface area (Å²) in [5, 5.41) is 14.4. The van der Waals surface area contributed by atoms with Crippen molar-refractivity contribution in [2.75, 3.05) is 19.6 Å². The summed E-state index contributed by atoms with van der Waals surface area (Å²) in [4.78, 5) is 24.9. The molecule has 0 bridgehead atoms. The number of carboxylic acids is 1. The second-order valence-corrected chi connectivity index (χ2v) is 5.53. The van der Waals surface area contributed by atoms with Crippen molar-refractivity contribution in [2.24, 2.45) is 0 Å². The van der Waals surface area contributed by atoms with Crippen molar-refractivity contribution in [1.82, 2.24) is 15.5 Å². The van der Waals surface area contributed by atoms with Gasteiger partial charge in [0.25, 0.3) is 0 Å². The van der Waals surface area contributed by atoms with E-state index in [0.29, 0.717) is 19.0 Å². The first-order valence-electron chi connectivity index (χ1n) is 7.53. The normalized spacial score (nSPS) is 18.5. The van der Waals surface area contributed by atoms with Gasteiger partial charge in [0.15, 0.2) is 0 Å². The van der Waals surface area contributed by atoms with Crippen LogP contribution in [0.15, 0.2) is 0 Å². The van der Waals surface area contributed by atoms with Crippen LogP contribution in [0, 0.1) is 0 Å². The number of amides is 2. The Kier molecular flexibility index (Phi) is 7.36. The third-order valence-electron chi connectivity index (χ3n) is 3.72. The first-order valence-corrected chi connectivity index (χ1v) is 7.53. The molecule has 2 atom stereocenters. The zero-order chi connectivity index (χ0) is 15.0. The maximum absolute atomic E-state index is 11.8. The lowest BCUT2D eigenvalue weighted by Gasteiger charge is -2.24. The fraction of sp³-hybridized carbons (Fsp3) is 0.857. The summed E-state index contributed by atoms with van der Waals surface area (Å²) >= 11 is 0. The lowest BCUT2D eigenvalue weighted by Crippen LogP contribution is -2.47. The number of likely N-dealkylation sites (tertiary alicyclic amines) is 1. The zero-order valence-electron chi connectivity index (χ0n) is 12.5. The highest BCUT2D eigenvalue weighted by Crippen LogP contribution is 2.10. The molecule has 1 fully saturated rings. The van der Waals surface area contributed by atoms with E-state index in [1.54, 1.807) is 0 Å². The molecule has 3 N–H and O–H groups in total. The molecule has 1 aliphatic heterocycles. The average Bonchev–Trinajstić information content (AvgIpc) is 2.89. The van der Waals surface area contributed by atoms with Crippen LogP contribution in [-0.2, 0) is 4.79 Å². The van der Waals surface area contributed by atoms with Gasteiger partial charge in [-0.2, -0.15) is 0 Å². The van der Waals surface area contributed by atoms with Gasteiger partial charge in [0.1, 0.15) is 0 Å². The molecule has 116 valence electrons. The number of urea groups is 1. The molecule has 1 heterocycles. The molecule has 0 radical (unpaired) electrons. The topological polar surface area (TPSA) is 81.7 Å². The molecule has 1 saturated heterocycles. The number of hydrogen-bond acceptors (Lipinski definition) is 3. The van der Waals surface area contributed by atoms with Crippen molar-refractivity contribution >= 4 is 12.0 Å². The predicted octanol–water partition coefficient (Wildman–Crippen LogP) is 1.41. The quantitative estimate of drug-likeness (QED) is 0.630. The standard InChI is InChI=1S/C14H27N3O3/c1-3-6-12(9-13(18)19)16-14(20)15-10-11(2)17-7-4-5-8-17/h11-12H,3-10H2,1-2H3,(H,18,19)(H2,15,16,20). The molecule has 0 spiro atoms. The Morgan fingerprint density at radius 1 is 1.30 bits per heavy atom. The second-order valence-electron chi connectivity index (χ2n) is 5.53. The molecule has 0 aromatic rings. The highest BCUT2D eigenvalue weighted by Gasteiger charge is 2.19. The van der Waals surface area contributed by atoms with E-state index in [0.717, 1.165) is 19.5 Å². The van der Waals surface area contributed by atoms with Crippen LogP contribution in [0.3, 0.4) is 0 Å². The number of carbonyl (C=O) groups is 2. The van der Waals surface area contributed by atoms with Gasteiger partial charge in [-0.25, -0.2) is 4.79 Å². The summed E-state index contributed by atoms with van der Waals surface area (Å²) in [6.45, 7) is 6.87. The van der Waals surface area contributed by atoms with Crippen LogP contribution in [-0.4, -0.2) is 53.7 Å². The van der Waals surface area contributed by atoms with Gasteiger partial charge in [-0.1, -0.05) is 13.3 Å². The lowest BCUT2D eigenvalue weighted by atomic mass is 10.1. The Morgan fingerprint density at radius 3 is 2.50 bits per heavy atom. The molecule has 2 unspecified atom stereocenters. The van der Waals surface area contributed by atoms with E-state index in [1.165, 1.54) is 12.8 Å². The van der Waals surface area contributed by atoms with Crippen LogP contribution in [0.1, 0.15) is 46.0 Å². The maximum atomic E-state index is 11.8. The van der Waals surface area contributed by atoms with Gasteiger partial charge in [-0.3, -0.25) is 9.69 Å². The summed E-state index contributed by atoms with van der Waals surface area (Å²) in [7, 11) is 0. The van der Waals surface area contributed by atoms with Crippen molar-refractivity contribution in [2.45, 2.75) is 58.0 Å². The fourth-order valence-electron chi connectivity index (χ4n) is 2.57. The van der Waals surface area contributed by atoms with Gasteiger partial charge in [-0.15, -0.1) is 0 Å². The molecule has 1 aliphatic rings. The van der Waals surface area contributed by atoms with E-state index in [9.17, 15) is 9.59 Å². The van der Waals surface area contributed by atoms with Gasteiger partial charge in [-0.05, 0) is 39.3 Å². The number of rotatable bonds is 8. The summed E-state index contributed by atoms with van der Waals surface area (Å²) in [5.74, 6) is -0.880. The average molecular weight is 285 g/mol. The zero-order valence-corrected chi connectivity index (χ0v) is 12.5. The van der Waals surface area contributed by atoms with Crippen LogP contribution in [0.5, 0.6) is 0 Å². The van der Waals surface area contributed by atoms with Gasteiger partial charge in [0.05, 0.1) is 6.42 Å². The smallest absolute Gasteiger partial charge is 0.315 e. The van der Waals surface area contributed by atoms with E-state index >= 15 is 0 Å². The monoisotopic (exact) mass is 285 g/mol. The number of aliphatic carboxylic acids is 1. The van der Waals surface area contributed by atoms with Crippen LogP contribution in [0.2, 0.25) is 0 Å². The Bertz CT molecular complexity index is 317. The molecule has 0 saturated carbocycles. The molecular weight excluding hydrogens is 258 g/mol. The highest BCUT2D eigenvalue weighted by atomic mass is 16.4. The minimum Gasteiger partial charge on any atom is -0.481 e. The minimum absolute atomic E-state index is 0.0249. The Morgan fingerprint density at radius 2 is 1.95 bits per heavy atom. The lowest BCUT2D eigenvalue weighted by molar-refractivity contribution is -0.137. The SMILES string of the molecule is CCCC(CC(=O)O)NC(=O)NCC(C)N1CCCC1. The third kappa shape index (κ3) is 6.23. The number of nitrogens with zero attached hydrogens (tertiary/aromatic N) is 1. The molecule has 6 heteroatoms. The maximum Gasteiger partial charge on any atom is 0.315 e. The van der Waals surface area contributed by atoms with E-state index in [4.69, 9.17) is 5.11 Å². The van der Waals surface area contributed by atoms with E-state index in [1.807, 2.05) is 6.92 Å². The minimum atomic E-state index is -0.880. The Hall–Kier alpha value is -1.30. The summed E-state index contributed by atoms with van der Waals surface area (Å²) in [6.07, 6.45) is 3.97. The molecule has 1 rings (SSSR count). The predicted molar refractivity (Wildman–Crippen MR) is 77.8 cm³/mol. The second kappa shape index (κ2) is 8.79. The molecule has 2 amide bonds. The van der Waals surface area contributed by atoms with Crippen molar-refractivity contribution in [3.05, 3.63) is 0 Å². The van der Waals surface area contributed by atoms with Gasteiger partial charge in [0, 0.05) is 18.6 Å². The molecule has 0 aliphatic carbocycles. The van der Waals surface area contributed by atoms with Gasteiger partial charge < -0.3 is 15.7 Å². The van der Waals surface area contributed by atoms with Crippen LogP contribution in [0.25, 0.3) is 0 Å². The van der Waals surface area contributed by atoms with E-state index in [2.05, 4.69) is 22.5 Å². The number of carboxylic acid groups (broad SMARTS) is 1. The van der Waals surface area contributed by atoms with Crippen LogP contribution < -0.4 is 10.6 Å². The summed E-state index contributed by atoms with van der Waals surface area (Å²) in [6, 6.07) is -0.234. The first-order chi connectivity index (χ1) is 9.52. The molecule has 20 heavy (non-hydrogen) atoms. The molecule has 0 aromatic carbocycles. The van der Waals surface area contributed by atoms with Crippen molar-refractivity contribution in [3.8, 4) is 0 Å². The van der Waals surface area contributed by atoms with Crippen molar-refractivity contribution < 1.29 is 14.7 Å². The van der Waals surface area contributed by atoms with Crippen LogP contribution in [0.4, 0.5) is 4.79 Å². The largest absolute Gasteiger partial charge is 0.481 e. The highest BCUT2D eigenvalue weighted by molar-refractivity contribution is 5.75. The summed E-state index contributed by atoms with van der Waals surface area (Å²) < 4.78 is 0. The first kappa shape index (κ1) is 16.8. The van der Waals surface area contributed by atoms with Crippen molar-refractivity contribution in [1.29, 1.82) is 0 Å². The number of hydrogen-bond donors (Lipinski definition) is 3. The molecular formula is C14H27N3O3. The fourth-order valence-corrected chi connectivity index (χ4v) is 2.57. The summed E-state index contributed by atoms with van der Waals surface area (Å²) in [5.41, 5.74) is 0. The Labute approximate surface area is 120 Å². The van der Waals surface area contributed by atoms with E-state index < -0.39 is 5.97 Å². The van der Waals surface area contributed by atoms with Crippen LogP contribution >= 0.6 is 0 Å². The van der Waals surface area contributed by atoms with Crippen molar-refractivity contribution in [3.63, 3.8) is 0 Å². The number of nitrogens with one attached hydrogen (secondary N) is 2. The Balaban J connectivity index is 2.27.